The minimum absolute atomic E-state index is 0.177. The largest absolute Gasteiger partial charge is 0.494 e. The number of halogens is 1. The maximum atomic E-state index is 6.60. The predicted molar refractivity (Wildman–Crippen MR) is 500 cm³/mol. The number of hydrogen-bond donors (Lipinski definition) is 0. The van der Waals surface area contributed by atoms with Gasteiger partial charge in [-0.3, -0.25) is 0 Å². The molecule has 1 saturated heterocycles. The maximum Gasteiger partial charge on any atom is 0.494 e. The summed E-state index contributed by atoms with van der Waals surface area (Å²) in [5, 5.41) is 5.10. The molecule has 0 N–H and O–H groups in total. The van der Waals surface area contributed by atoms with Crippen molar-refractivity contribution in [3.8, 4) is 113 Å². The van der Waals surface area contributed by atoms with Gasteiger partial charge >= 0.3 is 7.12 Å². The monoisotopic (exact) mass is 1620 g/mol. The van der Waals surface area contributed by atoms with E-state index in [-0.39, 0.29) is 5.28 Å². The maximum absolute atomic E-state index is 6.60. The smallest absolute Gasteiger partial charge is 0.457 e. The highest BCUT2D eigenvalue weighted by molar-refractivity contribution is 6.62. The quantitative estimate of drug-likeness (QED) is 0.137. The number of para-hydroxylation sites is 8. The van der Waals surface area contributed by atoms with E-state index >= 15 is 0 Å². The summed E-state index contributed by atoms with van der Waals surface area (Å²) in [4.78, 5) is 24.0. The molecule has 124 heavy (non-hydrogen) atoms. The molecule has 2 spiro atoms. The molecule has 0 saturated carbocycles. The Morgan fingerprint density at radius 1 is 0.258 bits per heavy atom. The van der Waals surface area contributed by atoms with Crippen LogP contribution in [0.25, 0.3) is 134 Å². The summed E-state index contributed by atoms with van der Waals surface area (Å²) in [5.74, 6) is 5.34. The molecular weight excluding hydrogens is 1540 g/mol. The molecule has 16 aromatic carbocycles. The van der Waals surface area contributed by atoms with E-state index in [9.17, 15) is 0 Å². The first-order valence-corrected chi connectivity index (χ1v) is 42.4. The van der Waals surface area contributed by atoms with Crippen LogP contribution in [0.5, 0.6) is 23.0 Å². The van der Waals surface area contributed by atoms with Crippen LogP contribution >= 0.6 is 11.6 Å². The summed E-state index contributed by atoms with van der Waals surface area (Å²) < 4.78 is 30.6. The van der Waals surface area contributed by atoms with E-state index in [4.69, 9.17) is 45.3 Å². The molecule has 0 radical (unpaired) electrons. The molecule has 0 unspecified atom stereocenters. The van der Waals surface area contributed by atoms with Gasteiger partial charge in [0.2, 0.25) is 5.28 Å². The highest BCUT2D eigenvalue weighted by Crippen LogP contribution is 2.64. The van der Waals surface area contributed by atoms with Crippen molar-refractivity contribution >= 4 is 67.8 Å². The third kappa shape index (κ3) is 11.8. The molecule has 2 aliphatic carbocycles. The fraction of sp³-hybridized carbons (Fsp3) is 0.0721. The zero-order valence-corrected chi connectivity index (χ0v) is 69.0. The standard InChI is InChI=1S/C53H33N3O.C31H27BO3.C27H17ClN4/c1-2-15-34(16-3-1)52-54-46(35-17-14-18-37(31-35)56-48-25-10-5-20-40(48)41-21-6-11-26-49(41)56)33-47(55-52)36-29-30-39-38-19-4-7-22-42(38)53(45(39)32-36)43-23-8-12-27-50(43)57-51-28-13-9-24-44(51)53;1-29(2)30(3,4)35-32(34-29)20-17-18-22-21-11-5-6-12-23(21)31(26(22)19-20)24-13-7-9-15-27(24)33-28-16-10-8-14-25(28)31;28-27-30-25(18-9-2-1-3-10-18)29-26(31-27)19-11-8-12-20(17-19)32-23-15-6-4-13-21(23)22-14-5-7-16-24(22)32/h1-33H;5-19H,1-4H3;1-17H. The first kappa shape index (κ1) is 74.2. The highest BCUT2D eigenvalue weighted by Gasteiger charge is 2.55. The molecule has 7 heterocycles. The molecule has 4 aromatic heterocycles. The fourth-order valence-corrected chi connectivity index (χ4v) is 19.8. The van der Waals surface area contributed by atoms with Crippen LogP contribution < -0.4 is 14.9 Å². The Morgan fingerprint density at radius 2 is 0.589 bits per heavy atom. The van der Waals surface area contributed by atoms with E-state index < -0.39 is 29.2 Å². The van der Waals surface area contributed by atoms with E-state index in [2.05, 4.69) is 368 Å². The Labute approximate surface area is 723 Å². The second-order valence-electron chi connectivity index (χ2n) is 33.2. The van der Waals surface area contributed by atoms with Gasteiger partial charge in [-0.25, -0.2) is 15.0 Å². The topological polar surface area (TPSA) is 111 Å². The van der Waals surface area contributed by atoms with Gasteiger partial charge in [0.05, 0.1) is 55.5 Å². The summed E-state index contributed by atoms with van der Waals surface area (Å²) in [6, 6.07) is 138. The van der Waals surface area contributed by atoms with Crippen LogP contribution in [0, 0.1) is 0 Å². The van der Waals surface area contributed by atoms with Crippen molar-refractivity contribution in [1.82, 2.24) is 34.1 Å². The van der Waals surface area contributed by atoms with Crippen molar-refractivity contribution in [3.63, 3.8) is 0 Å². The van der Waals surface area contributed by atoms with Crippen LogP contribution in [0.2, 0.25) is 5.28 Å². The van der Waals surface area contributed by atoms with Crippen molar-refractivity contribution in [3.05, 3.63) is 444 Å². The Balaban J connectivity index is 0.000000114. The summed E-state index contributed by atoms with van der Waals surface area (Å²) in [6.07, 6.45) is 0. The van der Waals surface area contributed by atoms with Crippen LogP contribution in [0.15, 0.2) is 394 Å². The summed E-state index contributed by atoms with van der Waals surface area (Å²) >= 11 is 6.28. The van der Waals surface area contributed by atoms with E-state index in [1.165, 1.54) is 77.1 Å². The van der Waals surface area contributed by atoms with Crippen molar-refractivity contribution < 1.29 is 18.8 Å². The van der Waals surface area contributed by atoms with Crippen molar-refractivity contribution in [2.75, 3.05) is 0 Å². The van der Waals surface area contributed by atoms with Crippen molar-refractivity contribution in [1.29, 1.82) is 0 Å². The molecule has 13 heteroatoms. The summed E-state index contributed by atoms with van der Waals surface area (Å²) in [7, 11) is -0.420. The fourth-order valence-electron chi connectivity index (χ4n) is 19.7. The van der Waals surface area contributed by atoms with E-state index in [0.29, 0.717) is 17.5 Å². The number of fused-ring (bicyclic) bond motifs is 24. The van der Waals surface area contributed by atoms with Crippen LogP contribution in [0.3, 0.4) is 0 Å². The first-order chi connectivity index (χ1) is 60.9. The number of nitrogens with zero attached hydrogens (tertiary/aromatic N) is 7. The number of rotatable bonds is 8. The second kappa shape index (κ2) is 29.2. The second-order valence-corrected chi connectivity index (χ2v) is 33.6. The zero-order valence-electron chi connectivity index (χ0n) is 68.2. The lowest BCUT2D eigenvalue weighted by Gasteiger charge is -2.39. The lowest BCUT2D eigenvalue weighted by atomic mass is 9.65. The van der Waals surface area contributed by atoms with Crippen LogP contribution in [0.4, 0.5) is 0 Å². The van der Waals surface area contributed by atoms with Gasteiger partial charge in [-0.1, -0.05) is 309 Å². The summed E-state index contributed by atoms with van der Waals surface area (Å²) in [6.45, 7) is 8.40. The van der Waals surface area contributed by atoms with Gasteiger partial charge in [0, 0.05) is 83.0 Å². The average molecular weight is 1620 g/mol. The van der Waals surface area contributed by atoms with E-state index in [1.54, 1.807) is 0 Å². The van der Waals surface area contributed by atoms with E-state index in [0.717, 1.165) is 112 Å². The zero-order chi connectivity index (χ0) is 83.0. The van der Waals surface area contributed by atoms with Gasteiger partial charge in [-0.05, 0) is 174 Å². The Morgan fingerprint density at radius 3 is 1.04 bits per heavy atom. The molecule has 11 nitrogen and oxygen atoms in total. The highest BCUT2D eigenvalue weighted by atomic mass is 35.5. The van der Waals surface area contributed by atoms with Gasteiger partial charge in [-0.15, -0.1) is 0 Å². The molecule has 590 valence electrons. The molecule has 0 amide bonds. The molecule has 25 rings (SSSR count). The normalized spacial score (nSPS) is 14.5. The third-order valence-corrected chi connectivity index (χ3v) is 26.0. The average Bonchev–Trinajstić information content (AvgIpc) is 1.51. The van der Waals surface area contributed by atoms with E-state index in [1.807, 2.05) is 72.8 Å². The van der Waals surface area contributed by atoms with Crippen LogP contribution in [-0.2, 0) is 20.1 Å². The minimum Gasteiger partial charge on any atom is -0.457 e. The molecule has 0 atom stereocenters. The Kier molecular flexibility index (Phi) is 17.5. The predicted octanol–water partition coefficient (Wildman–Crippen LogP) is 26.5. The Hall–Kier alpha value is -14.9. The number of benzene rings is 16. The Bertz CT molecular complexity index is 7500. The first-order valence-electron chi connectivity index (χ1n) is 42.0. The van der Waals surface area contributed by atoms with Gasteiger partial charge in [0.25, 0.3) is 0 Å². The molecule has 1 fully saturated rings. The summed E-state index contributed by atoms with van der Waals surface area (Å²) in [5.41, 5.74) is 27.1. The van der Waals surface area contributed by atoms with Gasteiger partial charge < -0.3 is 27.9 Å². The molecule has 5 aliphatic rings. The molecule has 0 bridgehead atoms. The third-order valence-electron chi connectivity index (χ3n) is 25.9. The number of aromatic nitrogens is 7. The molecular formula is C111H77BClN7O4. The molecule has 3 aliphatic heterocycles. The van der Waals surface area contributed by atoms with Gasteiger partial charge in [0.15, 0.2) is 17.5 Å². The van der Waals surface area contributed by atoms with Crippen LogP contribution in [0.1, 0.15) is 72.2 Å². The SMILES string of the molecule is CC1(C)OB(c2ccc3c(c2)C2(c4ccccc4Oc4ccccc42)c2ccccc2-3)OC1(C)C.Clc1nc(-c2ccccc2)nc(-c2cccc(-n3c4ccccc4c4ccccc43)c2)n1.c1ccc(-c2nc(-c3cccc(-n4c5ccccc5c5ccccc54)c3)cc(-c3ccc4c(c3)C3(c5ccccc5Oc5ccccc53)c3ccccc3-4)n2)cc1. The van der Waals surface area contributed by atoms with Crippen molar-refractivity contribution in [2.45, 2.75) is 49.7 Å². The lowest BCUT2D eigenvalue weighted by Crippen LogP contribution is -2.41. The van der Waals surface area contributed by atoms with Crippen LogP contribution in [-0.4, -0.2) is 52.4 Å². The number of hydrogen-bond acceptors (Lipinski definition) is 9. The van der Waals surface area contributed by atoms with Crippen molar-refractivity contribution in [2.24, 2.45) is 0 Å². The van der Waals surface area contributed by atoms with Gasteiger partial charge in [-0.2, -0.15) is 9.97 Å². The lowest BCUT2D eigenvalue weighted by molar-refractivity contribution is 0.00578. The van der Waals surface area contributed by atoms with Gasteiger partial charge in [0.1, 0.15) is 23.0 Å². The minimum atomic E-state index is -0.567. The molecule has 20 aromatic rings. The number of ether oxygens (including phenoxy) is 2.